The average Bonchev–Trinajstić information content (AvgIpc) is 3.12. The van der Waals surface area contributed by atoms with Crippen molar-refractivity contribution in [3.05, 3.63) is 82.3 Å². The highest BCUT2D eigenvalue weighted by molar-refractivity contribution is 5.76. The highest BCUT2D eigenvalue weighted by atomic mass is 19.4. The Morgan fingerprint density at radius 1 is 1.20 bits per heavy atom. The summed E-state index contributed by atoms with van der Waals surface area (Å²) in [6.07, 6.45) is -0.722. The highest BCUT2D eigenvalue weighted by Gasteiger charge is 2.31. The molecule has 10 heteroatoms. The predicted octanol–water partition coefficient (Wildman–Crippen LogP) is 2.52. The van der Waals surface area contributed by atoms with Crippen molar-refractivity contribution in [3.8, 4) is 5.75 Å². The number of hydrogen-bond donors (Lipinski definition) is 1. The number of alkyl halides is 3. The van der Waals surface area contributed by atoms with E-state index < -0.39 is 35.8 Å². The molecule has 0 bridgehead atoms. The number of ether oxygens (including phenoxy) is 1. The van der Waals surface area contributed by atoms with Crippen molar-refractivity contribution in [1.29, 1.82) is 0 Å². The van der Waals surface area contributed by atoms with Gasteiger partial charge in [0.05, 0.1) is 12.7 Å². The molecule has 3 rings (SSSR count). The van der Waals surface area contributed by atoms with Crippen molar-refractivity contribution in [2.45, 2.75) is 18.8 Å². The van der Waals surface area contributed by atoms with Gasteiger partial charge in [-0.3, -0.25) is 9.59 Å². The Hall–Kier alpha value is -3.56. The van der Waals surface area contributed by atoms with Crippen LogP contribution in [0.4, 0.5) is 13.2 Å². The molecule has 1 aromatic carbocycles. The van der Waals surface area contributed by atoms with E-state index in [1.165, 1.54) is 7.11 Å². The number of nitrogens with one attached hydrogen (secondary N) is 1. The molecule has 7 nitrogen and oxygen atoms in total. The summed E-state index contributed by atoms with van der Waals surface area (Å²) < 4.78 is 46.3. The van der Waals surface area contributed by atoms with Gasteiger partial charge in [-0.15, -0.1) is 0 Å². The lowest BCUT2D eigenvalue weighted by Gasteiger charge is -2.20. The third-order valence-corrected chi connectivity index (χ3v) is 4.50. The molecule has 1 N–H and O–H groups in total. The number of carbonyl (C=O) groups is 1. The SMILES string of the molecule is COc1ccc([C@H](NC(=O)Cn2cc(C(F)(F)F)ccc2=O)c2nccn2C)cc1. The molecule has 158 valence electrons. The quantitative estimate of drug-likeness (QED) is 0.665. The molecular weight excluding hydrogens is 401 g/mol. The molecule has 2 aromatic heterocycles. The van der Waals surface area contributed by atoms with Crippen LogP contribution in [0.2, 0.25) is 0 Å². The van der Waals surface area contributed by atoms with Gasteiger partial charge in [-0.2, -0.15) is 13.2 Å². The van der Waals surface area contributed by atoms with E-state index in [-0.39, 0.29) is 0 Å². The van der Waals surface area contributed by atoms with Gasteiger partial charge in [0.1, 0.15) is 24.2 Å². The lowest BCUT2D eigenvalue weighted by Crippen LogP contribution is -2.36. The van der Waals surface area contributed by atoms with Gasteiger partial charge in [0.2, 0.25) is 5.91 Å². The standard InChI is InChI=1S/C20H19F3N4O3/c1-26-10-9-24-19(26)18(13-3-6-15(30-2)7-4-13)25-16(28)12-27-11-14(20(21,22)23)5-8-17(27)29/h3-11,18H,12H2,1-2H3,(H,25,28)/t18-/m0/s1. The van der Waals surface area contributed by atoms with E-state index in [2.05, 4.69) is 10.3 Å². The van der Waals surface area contributed by atoms with Crippen LogP contribution in [0.3, 0.4) is 0 Å². The second-order valence-electron chi connectivity index (χ2n) is 6.55. The van der Waals surface area contributed by atoms with Gasteiger partial charge in [-0.25, -0.2) is 4.98 Å². The molecule has 30 heavy (non-hydrogen) atoms. The largest absolute Gasteiger partial charge is 0.497 e. The molecule has 2 heterocycles. The van der Waals surface area contributed by atoms with Crippen LogP contribution in [0.1, 0.15) is 23.0 Å². The summed E-state index contributed by atoms with van der Waals surface area (Å²) in [5.74, 6) is 0.504. The van der Waals surface area contributed by atoms with E-state index in [0.717, 1.165) is 10.6 Å². The summed E-state index contributed by atoms with van der Waals surface area (Å²) in [5.41, 5.74) is -1.03. The minimum Gasteiger partial charge on any atom is -0.497 e. The first-order chi connectivity index (χ1) is 14.2. The van der Waals surface area contributed by atoms with Gasteiger partial charge < -0.3 is 19.2 Å². The Labute approximate surface area is 169 Å². The molecular formula is C20H19F3N4O3. The van der Waals surface area contributed by atoms with Crippen LogP contribution < -0.4 is 15.6 Å². The third kappa shape index (κ3) is 4.70. The molecule has 1 amide bonds. The molecule has 0 fully saturated rings. The number of halogens is 3. The van der Waals surface area contributed by atoms with E-state index in [1.807, 2.05) is 0 Å². The van der Waals surface area contributed by atoms with Crippen LogP contribution in [0.15, 0.2) is 59.8 Å². The first kappa shape index (κ1) is 21.2. The summed E-state index contributed by atoms with van der Waals surface area (Å²) in [6, 6.07) is 7.72. The summed E-state index contributed by atoms with van der Waals surface area (Å²) in [6.45, 7) is -0.570. The van der Waals surface area contributed by atoms with E-state index in [0.29, 0.717) is 29.4 Å². The van der Waals surface area contributed by atoms with Crippen molar-refractivity contribution in [2.24, 2.45) is 7.05 Å². The molecule has 0 spiro atoms. The van der Waals surface area contributed by atoms with Crippen molar-refractivity contribution in [2.75, 3.05) is 7.11 Å². The van der Waals surface area contributed by atoms with E-state index in [4.69, 9.17) is 4.74 Å². The van der Waals surface area contributed by atoms with Crippen LogP contribution in [-0.2, 0) is 24.6 Å². The zero-order valence-electron chi connectivity index (χ0n) is 16.2. The lowest BCUT2D eigenvalue weighted by molar-refractivity contribution is -0.138. The molecule has 0 aliphatic rings. The zero-order chi connectivity index (χ0) is 21.9. The third-order valence-electron chi connectivity index (χ3n) is 4.50. The van der Waals surface area contributed by atoms with Crippen molar-refractivity contribution >= 4 is 5.91 Å². The average molecular weight is 420 g/mol. The normalized spacial score (nSPS) is 12.4. The number of hydrogen-bond acceptors (Lipinski definition) is 4. The maximum Gasteiger partial charge on any atom is 0.417 e. The molecule has 0 saturated heterocycles. The molecule has 3 aromatic rings. The lowest BCUT2D eigenvalue weighted by atomic mass is 10.1. The Bertz CT molecular complexity index is 1090. The fourth-order valence-corrected chi connectivity index (χ4v) is 2.93. The monoisotopic (exact) mass is 420 g/mol. The number of rotatable bonds is 6. The number of benzene rings is 1. The number of pyridine rings is 1. The Balaban J connectivity index is 1.87. The van der Waals surface area contributed by atoms with Gasteiger partial charge in [0.25, 0.3) is 5.56 Å². The Morgan fingerprint density at radius 2 is 1.90 bits per heavy atom. The second-order valence-corrected chi connectivity index (χ2v) is 6.55. The maximum absolute atomic E-state index is 12.9. The number of aryl methyl sites for hydroxylation is 1. The minimum atomic E-state index is -4.62. The van der Waals surface area contributed by atoms with Gasteiger partial charge >= 0.3 is 6.18 Å². The van der Waals surface area contributed by atoms with E-state index in [9.17, 15) is 22.8 Å². The highest BCUT2D eigenvalue weighted by Crippen LogP contribution is 2.28. The summed E-state index contributed by atoms with van der Waals surface area (Å²) in [5, 5.41) is 2.74. The number of carbonyl (C=O) groups excluding carboxylic acids is 1. The molecule has 0 unspecified atom stereocenters. The molecule has 0 aliphatic carbocycles. The van der Waals surface area contributed by atoms with Crippen molar-refractivity contribution in [3.63, 3.8) is 0 Å². The number of methoxy groups -OCH3 is 1. The van der Waals surface area contributed by atoms with Gasteiger partial charge in [0, 0.05) is 31.7 Å². The number of imidazole rings is 1. The van der Waals surface area contributed by atoms with Crippen LogP contribution in [-0.4, -0.2) is 27.1 Å². The van der Waals surface area contributed by atoms with Crippen LogP contribution in [0.5, 0.6) is 5.75 Å². The topological polar surface area (TPSA) is 78.2 Å². The van der Waals surface area contributed by atoms with Gasteiger partial charge in [-0.1, -0.05) is 12.1 Å². The summed E-state index contributed by atoms with van der Waals surface area (Å²) >= 11 is 0. The fraction of sp³-hybridized carbons (Fsp3) is 0.250. The Morgan fingerprint density at radius 3 is 2.47 bits per heavy atom. The van der Waals surface area contributed by atoms with Crippen molar-refractivity contribution in [1.82, 2.24) is 19.4 Å². The Kier molecular flexibility index (Phi) is 5.95. The first-order valence-corrected chi connectivity index (χ1v) is 8.87. The summed E-state index contributed by atoms with van der Waals surface area (Å²) in [7, 11) is 3.28. The number of aromatic nitrogens is 3. The van der Waals surface area contributed by atoms with Crippen LogP contribution in [0, 0.1) is 0 Å². The number of nitrogens with zero attached hydrogens (tertiary/aromatic N) is 3. The molecule has 0 radical (unpaired) electrons. The fourth-order valence-electron chi connectivity index (χ4n) is 2.93. The second kappa shape index (κ2) is 8.44. The van der Waals surface area contributed by atoms with E-state index in [1.54, 1.807) is 48.3 Å². The molecule has 1 atom stereocenters. The van der Waals surface area contributed by atoms with E-state index >= 15 is 0 Å². The number of amides is 1. The predicted molar refractivity (Wildman–Crippen MR) is 102 cm³/mol. The van der Waals surface area contributed by atoms with Gasteiger partial charge in [-0.05, 0) is 23.8 Å². The zero-order valence-corrected chi connectivity index (χ0v) is 16.2. The molecule has 0 saturated carbocycles. The van der Waals surface area contributed by atoms with Crippen LogP contribution in [0.25, 0.3) is 0 Å². The molecule has 0 aliphatic heterocycles. The van der Waals surface area contributed by atoms with Gasteiger partial charge in [0.15, 0.2) is 0 Å². The van der Waals surface area contributed by atoms with Crippen molar-refractivity contribution < 1.29 is 22.7 Å². The first-order valence-electron chi connectivity index (χ1n) is 8.87. The summed E-state index contributed by atoms with van der Waals surface area (Å²) in [4.78, 5) is 28.8. The van der Waals surface area contributed by atoms with Crippen LogP contribution >= 0.6 is 0 Å². The maximum atomic E-state index is 12.9. The minimum absolute atomic E-state index is 0.518. The smallest absolute Gasteiger partial charge is 0.417 e.